The van der Waals surface area contributed by atoms with Crippen LogP contribution in [0.2, 0.25) is 0 Å². The summed E-state index contributed by atoms with van der Waals surface area (Å²) in [6, 6.07) is 0. The molecule has 0 aliphatic carbocycles. The maximum absolute atomic E-state index is 11.5. The molecule has 0 atom stereocenters. The fourth-order valence-corrected chi connectivity index (χ4v) is 1.48. The highest BCUT2D eigenvalue weighted by Gasteiger charge is 2.23. The molecule has 0 fully saturated rings. The van der Waals surface area contributed by atoms with Crippen LogP contribution in [-0.2, 0) is 32.0 Å². The van der Waals surface area contributed by atoms with Crippen molar-refractivity contribution in [2.24, 2.45) is 0 Å². The summed E-state index contributed by atoms with van der Waals surface area (Å²) in [6.07, 6.45) is -0.0314. The Kier molecular flexibility index (Phi) is 5.63. The third kappa shape index (κ3) is 3.77. The Hall–Kier alpha value is -2.45. The molecule has 0 aromatic carbocycles. The number of carbonyl (C=O) groups is 3. The second-order valence-corrected chi connectivity index (χ2v) is 3.78. The first-order valence-electron chi connectivity index (χ1n) is 5.81. The molecule has 0 bridgehead atoms. The largest absolute Gasteiger partial charge is 0.469 e. The number of amides is 1. The Morgan fingerprint density at radius 3 is 2.50 bits per heavy atom. The van der Waals surface area contributed by atoms with E-state index >= 15 is 0 Å². The Morgan fingerprint density at radius 2 is 1.95 bits per heavy atom. The van der Waals surface area contributed by atoms with Gasteiger partial charge in [0.1, 0.15) is 0 Å². The summed E-state index contributed by atoms with van der Waals surface area (Å²) in [7, 11) is 3.95. The molecule has 9 nitrogen and oxygen atoms in total. The molecule has 9 heteroatoms. The molecule has 0 radical (unpaired) electrons. The highest BCUT2D eigenvalue weighted by molar-refractivity contribution is 5.89. The van der Waals surface area contributed by atoms with Crippen LogP contribution in [0.5, 0.6) is 0 Å². The first-order chi connectivity index (χ1) is 9.53. The number of aromatic nitrogens is 3. The first kappa shape index (κ1) is 15.6. The monoisotopic (exact) mass is 284 g/mol. The molecule has 1 rings (SSSR count). The van der Waals surface area contributed by atoms with E-state index in [0.717, 1.165) is 0 Å². The lowest BCUT2D eigenvalue weighted by molar-refractivity contribution is -0.139. The molecule has 0 saturated heterocycles. The summed E-state index contributed by atoms with van der Waals surface area (Å²) in [5.74, 6) is -1.43. The Balaban J connectivity index is 2.98. The van der Waals surface area contributed by atoms with E-state index in [1.165, 1.54) is 25.9 Å². The van der Waals surface area contributed by atoms with E-state index in [0.29, 0.717) is 0 Å². The van der Waals surface area contributed by atoms with Crippen LogP contribution in [0, 0.1) is 0 Å². The van der Waals surface area contributed by atoms with Crippen LogP contribution in [0.1, 0.15) is 22.6 Å². The van der Waals surface area contributed by atoms with Crippen molar-refractivity contribution >= 4 is 17.8 Å². The molecule has 0 spiro atoms. The summed E-state index contributed by atoms with van der Waals surface area (Å²) in [6.45, 7) is 0.190. The van der Waals surface area contributed by atoms with Crippen LogP contribution in [0.25, 0.3) is 0 Å². The Morgan fingerprint density at radius 1 is 1.25 bits per heavy atom. The van der Waals surface area contributed by atoms with E-state index in [1.807, 2.05) is 0 Å². The average molecular weight is 284 g/mol. The number of hydrogen-bond donors (Lipinski definition) is 1. The fraction of sp³-hybridized carbons (Fsp3) is 0.545. The van der Waals surface area contributed by atoms with Gasteiger partial charge in [-0.25, -0.2) is 9.48 Å². The van der Waals surface area contributed by atoms with E-state index in [-0.39, 0.29) is 36.7 Å². The minimum absolute atomic E-state index is 0.0604. The average Bonchev–Trinajstić information content (AvgIpc) is 2.86. The maximum Gasteiger partial charge on any atom is 0.360 e. The zero-order valence-corrected chi connectivity index (χ0v) is 11.5. The zero-order chi connectivity index (χ0) is 15.1. The second kappa shape index (κ2) is 7.22. The minimum Gasteiger partial charge on any atom is -0.469 e. The molecule has 1 aromatic rings. The smallest absolute Gasteiger partial charge is 0.360 e. The normalized spacial score (nSPS) is 9.95. The number of ether oxygens (including phenoxy) is 2. The van der Waals surface area contributed by atoms with Gasteiger partial charge in [-0.2, -0.15) is 0 Å². The number of methoxy groups -OCH3 is 2. The Bertz CT molecular complexity index is 511. The van der Waals surface area contributed by atoms with Crippen molar-refractivity contribution < 1.29 is 23.9 Å². The summed E-state index contributed by atoms with van der Waals surface area (Å²) in [4.78, 5) is 34.1. The minimum atomic E-state index is -0.699. The van der Waals surface area contributed by atoms with Gasteiger partial charge < -0.3 is 14.8 Å². The zero-order valence-electron chi connectivity index (χ0n) is 11.5. The maximum atomic E-state index is 11.5. The first-order valence-corrected chi connectivity index (χ1v) is 5.81. The van der Waals surface area contributed by atoms with Crippen molar-refractivity contribution in [2.75, 3.05) is 21.3 Å². The lowest BCUT2D eigenvalue weighted by atomic mass is 10.2. The molecular weight excluding hydrogens is 268 g/mol. The van der Waals surface area contributed by atoms with E-state index < -0.39 is 11.9 Å². The van der Waals surface area contributed by atoms with Crippen LogP contribution >= 0.6 is 0 Å². The number of hydrogen-bond acceptors (Lipinski definition) is 7. The van der Waals surface area contributed by atoms with Crippen LogP contribution in [0.15, 0.2) is 0 Å². The molecule has 0 saturated carbocycles. The molecule has 1 amide bonds. The van der Waals surface area contributed by atoms with E-state index in [4.69, 9.17) is 0 Å². The summed E-state index contributed by atoms with van der Waals surface area (Å²) in [5, 5.41) is 9.90. The van der Waals surface area contributed by atoms with Gasteiger partial charge in [0.05, 0.1) is 32.9 Å². The highest BCUT2D eigenvalue weighted by Crippen LogP contribution is 2.09. The number of carbonyl (C=O) groups excluding carboxylic acids is 3. The fourth-order valence-electron chi connectivity index (χ4n) is 1.48. The third-order valence-corrected chi connectivity index (χ3v) is 2.59. The number of nitrogens with one attached hydrogen (secondary N) is 1. The van der Waals surface area contributed by atoms with Crippen molar-refractivity contribution in [3.05, 3.63) is 11.4 Å². The van der Waals surface area contributed by atoms with Gasteiger partial charge in [-0.15, -0.1) is 5.10 Å². The number of aryl methyl sites for hydroxylation is 1. The lowest BCUT2D eigenvalue weighted by Gasteiger charge is -2.06. The highest BCUT2D eigenvalue weighted by atomic mass is 16.5. The van der Waals surface area contributed by atoms with Crippen LogP contribution in [-0.4, -0.2) is 54.1 Å². The molecule has 0 aliphatic heterocycles. The molecule has 0 unspecified atom stereocenters. The standard InChI is InChI=1S/C11H16N4O5/c1-12-8(16)4-5-15-7(6-9(17)19-2)10(13-14-15)11(18)20-3/h4-6H2,1-3H3,(H,12,16). The molecule has 110 valence electrons. The molecule has 1 N–H and O–H groups in total. The summed E-state index contributed by atoms with van der Waals surface area (Å²) >= 11 is 0. The van der Waals surface area contributed by atoms with Gasteiger partial charge in [0.25, 0.3) is 0 Å². The van der Waals surface area contributed by atoms with Gasteiger partial charge in [-0.05, 0) is 0 Å². The van der Waals surface area contributed by atoms with Crippen molar-refractivity contribution in [1.82, 2.24) is 20.3 Å². The predicted molar refractivity (Wildman–Crippen MR) is 65.8 cm³/mol. The van der Waals surface area contributed by atoms with Crippen molar-refractivity contribution in [2.45, 2.75) is 19.4 Å². The second-order valence-electron chi connectivity index (χ2n) is 3.78. The molecule has 0 aliphatic rings. The van der Waals surface area contributed by atoms with Crippen molar-refractivity contribution in [3.63, 3.8) is 0 Å². The van der Waals surface area contributed by atoms with E-state index in [9.17, 15) is 14.4 Å². The van der Waals surface area contributed by atoms with Gasteiger partial charge in [0.15, 0.2) is 5.69 Å². The number of nitrogens with zero attached hydrogens (tertiary/aromatic N) is 3. The van der Waals surface area contributed by atoms with E-state index in [2.05, 4.69) is 25.1 Å². The molecule has 1 heterocycles. The predicted octanol–water partition coefficient (Wildman–Crippen LogP) is -1.08. The van der Waals surface area contributed by atoms with Crippen LogP contribution in [0.4, 0.5) is 0 Å². The van der Waals surface area contributed by atoms with Crippen molar-refractivity contribution in [1.29, 1.82) is 0 Å². The van der Waals surface area contributed by atoms with Crippen molar-refractivity contribution in [3.8, 4) is 0 Å². The number of rotatable bonds is 6. The van der Waals surface area contributed by atoms with E-state index in [1.54, 1.807) is 0 Å². The SMILES string of the molecule is CNC(=O)CCn1nnc(C(=O)OC)c1CC(=O)OC. The third-order valence-electron chi connectivity index (χ3n) is 2.59. The molecule has 1 aromatic heterocycles. The summed E-state index contributed by atoms with van der Waals surface area (Å²) < 4.78 is 10.4. The van der Waals surface area contributed by atoms with Crippen LogP contribution in [0.3, 0.4) is 0 Å². The Labute approximate surface area is 115 Å². The van der Waals surface area contributed by atoms with Gasteiger partial charge in [-0.3, -0.25) is 9.59 Å². The van der Waals surface area contributed by atoms with Gasteiger partial charge in [-0.1, -0.05) is 5.21 Å². The van der Waals surface area contributed by atoms with Gasteiger partial charge >= 0.3 is 11.9 Å². The topological polar surface area (TPSA) is 112 Å². The van der Waals surface area contributed by atoms with Crippen LogP contribution < -0.4 is 5.32 Å². The lowest BCUT2D eigenvalue weighted by Crippen LogP contribution is -2.21. The van der Waals surface area contributed by atoms with Gasteiger partial charge in [0, 0.05) is 13.5 Å². The summed E-state index contributed by atoms with van der Waals surface area (Å²) in [5.41, 5.74) is 0.197. The molecular formula is C11H16N4O5. The quantitative estimate of drug-likeness (QED) is 0.661. The van der Waals surface area contributed by atoms with Gasteiger partial charge in [0.2, 0.25) is 5.91 Å². The molecule has 20 heavy (non-hydrogen) atoms. The number of esters is 2.